The third-order valence-electron chi connectivity index (χ3n) is 5.97. The lowest BCUT2D eigenvalue weighted by Crippen LogP contribution is -2.25. The number of phenols is 1. The molecule has 2 N–H and O–H groups in total. The number of aromatic nitrogens is 2. The molecule has 8 nitrogen and oxygen atoms in total. The van der Waals surface area contributed by atoms with Crippen LogP contribution in [0.15, 0.2) is 30.3 Å². The van der Waals surface area contributed by atoms with Gasteiger partial charge in [0, 0.05) is 37.5 Å². The summed E-state index contributed by atoms with van der Waals surface area (Å²) in [6.07, 6.45) is 1.30. The van der Waals surface area contributed by atoms with Gasteiger partial charge in [-0.15, -0.1) is 0 Å². The van der Waals surface area contributed by atoms with Crippen LogP contribution in [-0.2, 0) is 13.1 Å². The predicted molar refractivity (Wildman–Crippen MR) is 130 cm³/mol. The zero-order valence-corrected chi connectivity index (χ0v) is 20.2. The highest BCUT2D eigenvalue weighted by atomic mass is 16.5. The summed E-state index contributed by atoms with van der Waals surface area (Å²) in [7, 11) is 4.07. The van der Waals surface area contributed by atoms with Crippen LogP contribution in [0.25, 0.3) is 10.9 Å². The van der Waals surface area contributed by atoms with Gasteiger partial charge in [0.2, 0.25) is 0 Å². The molecule has 8 heteroatoms. The molecule has 1 aromatic heterocycles. The van der Waals surface area contributed by atoms with Gasteiger partial charge in [0.25, 0.3) is 5.91 Å². The second-order valence-corrected chi connectivity index (χ2v) is 9.61. The van der Waals surface area contributed by atoms with Crippen molar-refractivity contribution in [3.05, 3.63) is 52.7 Å². The van der Waals surface area contributed by atoms with Crippen molar-refractivity contribution in [2.45, 2.75) is 39.8 Å². The lowest BCUT2D eigenvalue weighted by atomic mass is 10.0. The van der Waals surface area contributed by atoms with Crippen LogP contribution in [0.4, 0.5) is 0 Å². The fourth-order valence-corrected chi connectivity index (χ4v) is 4.25. The van der Waals surface area contributed by atoms with E-state index in [2.05, 4.69) is 15.1 Å². The minimum absolute atomic E-state index is 0.0861. The highest BCUT2D eigenvalue weighted by molar-refractivity contribution is 6.09. The van der Waals surface area contributed by atoms with Gasteiger partial charge in [-0.2, -0.15) is 5.10 Å². The summed E-state index contributed by atoms with van der Waals surface area (Å²) in [6.45, 7) is 6.43. The van der Waals surface area contributed by atoms with Gasteiger partial charge in [-0.1, -0.05) is 19.9 Å². The number of aromatic amines is 1. The molecule has 2 heterocycles. The average molecular weight is 465 g/mol. The van der Waals surface area contributed by atoms with E-state index in [1.165, 1.54) is 6.07 Å². The number of aromatic hydroxyl groups is 1. The number of nitrogens with one attached hydrogen (secondary N) is 1. The van der Waals surface area contributed by atoms with Crippen molar-refractivity contribution >= 4 is 22.6 Å². The van der Waals surface area contributed by atoms with E-state index in [0.29, 0.717) is 42.7 Å². The molecule has 1 aliphatic heterocycles. The number of hydrogen-bond acceptors (Lipinski definition) is 6. The fourth-order valence-electron chi connectivity index (χ4n) is 4.25. The molecule has 0 radical (unpaired) electrons. The standard InChI is InChI=1S/C26H32N4O4/c1-16(2)10-24(32)25-20-12-21(23(31)13-22(20)27-28-25)26(33)30-14-17-6-7-19(11-18(17)15-30)34-9-5-8-29(3)4/h6-7,11-13,16,31H,5,8-10,14-15H2,1-4H3,(H,27,28). The molecule has 1 aliphatic rings. The molecular formula is C26H32N4O4. The first-order valence-electron chi connectivity index (χ1n) is 11.7. The SMILES string of the molecule is CC(C)CC(=O)c1n[nH]c2cc(O)c(C(=O)N3Cc4ccc(OCCCN(C)C)cc4C3)cc12. The minimum Gasteiger partial charge on any atom is -0.507 e. The fraction of sp³-hybridized carbons (Fsp3) is 0.423. The number of amides is 1. The van der Waals surface area contributed by atoms with Crippen molar-refractivity contribution in [1.82, 2.24) is 20.0 Å². The topological polar surface area (TPSA) is 98.8 Å². The molecule has 0 bridgehead atoms. The summed E-state index contributed by atoms with van der Waals surface area (Å²) in [6, 6.07) is 8.95. The van der Waals surface area contributed by atoms with Crippen LogP contribution < -0.4 is 4.74 Å². The lowest BCUT2D eigenvalue weighted by Gasteiger charge is -2.16. The van der Waals surface area contributed by atoms with Crippen LogP contribution in [0, 0.1) is 5.92 Å². The number of hydrogen-bond donors (Lipinski definition) is 2. The molecule has 0 saturated carbocycles. The molecule has 0 spiro atoms. The van der Waals surface area contributed by atoms with Gasteiger partial charge in [0.15, 0.2) is 5.78 Å². The van der Waals surface area contributed by atoms with E-state index < -0.39 is 0 Å². The number of fused-ring (bicyclic) bond motifs is 2. The van der Waals surface area contributed by atoms with E-state index in [9.17, 15) is 14.7 Å². The summed E-state index contributed by atoms with van der Waals surface area (Å²) in [4.78, 5) is 29.8. The third kappa shape index (κ3) is 5.07. The van der Waals surface area contributed by atoms with Gasteiger partial charge in [-0.25, -0.2) is 0 Å². The molecule has 3 aromatic rings. The zero-order valence-electron chi connectivity index (χ0n) is 20.2. The number of H-pyrrole nitrogens is 1. The lowest BCUT2D eigenvalue weighted by molar-refractivity contribution is 0.0748. The van der Waals surface area contributed by atoms with E-state index in [4.69, 9.17) is 4.74 Å². The van der Waals surface area contributed by atoms with Crippen LogP contribution in [0.1, 0.15) is 58.7 Å². The molecule has 2 aromatic carbocycles. The van der Waals surface area contributed by atoms with Crippen molar-refractivity contribution in [2.24, 2.45) is 5.92 Å². The Labute approximate surface area is 199 Å². The Hall–Kier alpha value is -3.39. The highest BCUT2D eigenvalue weighted by Gasteiger charge is 2.28. The number of Topliss-reactive ketones (excluding diaryl/α,β-unsaturated/α-hetero) is 1. The number of carbonyl (C=O) groups is 2. The van der Waals surface area contributed by atoms with E-state index in [-0.39, 0.29) is 28.9 Å². The van der Waals surface area contributed by atoms with Crippen LogP contribution in [0.5, 0.6) is 11.5 Å². The van der Waals surface area contributed by atoms with Gasteiger partial charge < -0.3 is 19.6 Å². The number of phenolic OH excluding ortho intramolecular Hbond substituents is 1. The first-order valence-corrected chi connectivity index (χ1v) is 11.7. The Morgan fingerprint density at radius 1 is 1.18 bits per heavy atom. The van der Waals surface area contributed by atoms with Crippen molar-refractivity contribution in [3.8, 4) is 11.5 Å². The van der Waals surface area contributed by atoms with E-state index in [1.54, 1.807) is 11.0 Å². The molecular weight excluding hydrogens is 432 g/mol. The van der Waals surface area contributed by atoms with Gasteiger partial charge in [-0.3, -0.25) is 14.7 Å². The quantitative estimate of drug-likeness (QED) is 0.367. The van der Waals surface area contributed by atoms with Crippen molar-refractivity contribution in [1.29, 1.82) is 0 Å². The summed E-state index contributed by atoms with van der Waals surface area (Å²) in [5.41, 5.74) is 3.10. The normalized spacial score (nSPS) is 13.2. The smallest absolute Gasteiger partial charge is 0.258 e. The molecule has 1 amide bonds. The number of rotatable bonds is 9. The maximum atomic E-state index is 13.3. The van der Waals surface area contributed by atoms with Gasteiger partial charge in [0.05, 0.1) is 17.7 Å². The van der Waals surface area contributed by atoms with Crippen molar-refractivity contribution in [2.75, 3.05) is 27.2 Å². The maximum absolute atomic E-state index is 13.3. The Morgan fingerprint density at radius 3 is 2.68 bits per heavy atom. The molecule has 0 aliphatic carbocycles. The zero-order chi connectivity index (χ0) is 24.4. The molecule has 0 saturated heterocycles. The molecule has 34 heavy (non-hydrogen) atoms. The number of ether oxygens (including phenoxy) is 1. The van der Waals surface area contributed by atoms with Crippen LogP contribution in [0.3, 0.4) is 0 Å². The monoisotopic (exact) mass is 464 g/mol. The molecule has 0 fully saturated rings. The highest BCUT2D eigenvalue weighted by Crippen LogP contribution is 2.32. The summed E-state index contributed by atoms with van der Waals surface area (Å²) >= 11 is 0. The van der Waals surface area contributed by atoms with Crippen LogP contribution in [-0.4, -0.2) is 64.0 Å². The Balaban J connectivity index is 1.50. The number of benzene rings is 2. The number of carbonyl (C=O) groups excluding carboxylic acids is 2. The third-order valence-corrected chi connectivity index (χ3v) is 5.97. The van der Waals surface area contributed by atoms with Crippen molar-refractivity contribution < 1.29 is 19.4 Å². The largest absolute Gasteiger partial charge is 0.507 e. The first-order chi connectivity index (χ1) is 16.2. The molecule has 0 atom stereocenters. The maximum Gasteiger partial charge on any atom is 0.258 e. The van der Waals surface area contributed by atoms with Gasteiger partial charge >= 0.3 is 0 Å². The molecule has 4 rings (SSSR count). The Kier molecular flexibility index (Phi) is 6.88. The summed E-state index contributed by atoms with van der Waals surface area (Å²) in [5.74, 6) is 0.486. The predicted octanol–water partition coefficient (Wildman–Crippen LogP) is 3.98. The van der Waals surface area contributed by atoms with Crippen molar-refractivity contribution in [3.63, 3.8) is 0 Å². The summed E-state index contributed by atoms with van der Waals surface area (Å²) in [5, 5.41) is 18.0. The molecule has 180 valence electrons. The van der Waals surface area contributed by atoms with Crippen LogP contribution >= 0.6 is 0 Å². The Bertz CT molecular complexity index is 1210. The van der Waals surface area contributed by atoms with E-state index >= 15 is 0 Å². The Morgan fingerprint density at radius 2 is 1.94 bits per heavy atom. The van der Waals surface area contributed by atoms with Gasteiger partial charge in [-0.05, 0) is 55.8 Å². The molecule has 0 unspecified atom stereocenters. The average Bonchev–Trinajstić information content (AvgIpc) is 3.38. The van der Waals surface area contributed by atoms with E-state index in [1.807, 2.05) is 46.1 Å². The second kappa shape index (κ2) is 9.85. The van der Waals surface area contributed by atoms with Crippen LogP contribution in [0.2, 0.25) is 0 Å². The first kappa shape index (κ1) is 23.8. The second-order valence-electron chi connectivity index (χ2n) is 9.61. The van der Waals surface area contributed by atoms with E-state index in [0.717, 1.165) is 29.8 Å². The number of nitrogens with zero attached hydrogens (tertiary/aromatic N) is 3. The minimum atomic E-state index is -0.285. The van der Waals surface area contributed by atoms with Gasteiger partial charge in [0.1, 0.15) is 17.2 Å². The summed E-state index contributed by atoms with van der Waals surface area (Å²) < 4.78 is 5.87. The number of ketones is 1.